The van der Waals surface area contributed by atoms with Crippen molar-refractivity contribution in [3.05, 3.63) is 35.2 Å². The Morgan fingerprint density at radius 1 is 1.40 bits per heavy atom. The van der Waals surface area contributed by atoms with Crippen LogP contribution in [0, 0.1) is 0 Å². The van der Waals surface area contributed by atoms with Gasteiger partial charge in [-0.25, -0.2) is 0 Å². The van der Waals surface area contributed by atoms with Gasteiger partial charge in [0, 0.05) is 6.20 Å². The first-order valence-corrected chi connectivity index (χ1v) is 4.10. The van der Waals surface area contributed by atoms with Gasteiger partial charge in [-0.05, 0) is 30.2 Å². The van der Waals surface area contributed by atoms with Crippen molar-refractivity contribution in [3.63, 3.8) is 0 Å². The first-order valence-electron chi connectivity index (χ1n) is 4.10. The van der Waals surface area contributed by atoms with Crippen molar-refractivity contribution >= 4 is 12.4 Å². The van der Waals surface area contributed by atoms with Gasteiger partial charge >= 0.3 is 6.18 Å². The second-order valence-corrected chi connectivity index (χ2v) is 2.98. The number of carbonyl (C=O) groups is 1. The third-order valence-corrected chi connectivity index (χ3v) is 1.66. The van der Waals surface area contributed by atoms with Crippen molar-refractivity contribution in [1.82, 2.24) is 4.98 Å². The summed E-state index contributed by atoms with van der Waals surface area (Å²) >= 11 is 0. The minimum atomic E-state index is -4.43. The average Bonchev–Trinajstić information content (AvgIpc) is 2.17. The van der Waals surface area contributed by atoms with Gasteiger partial charge in [0.2, 0.25) is 0 Å². The van der Waals surface area contributed by atoms with Crippen molar-refractivity contribution in [3.8, 4) is 0 Å². The van der Waals surface area contributed by atoms with Crippen molar-refractivity contribution in [2.75, 3.05) is 0 Å². The molecule has 0 N–H and O–H groups in total. The van der Waals surface area contributed by atoms with Gasteiger partial charge in [0.1, 0.15) is 12.0 Å². The fourth-order valence-corrected chi connectivity index (χ4v) is 0.955. The topological polar surface area (TPSA) is 30.0 Å². The zero-order valence-electron chi connectivity index (χ0n) is 7.88. The van der Waals surface area contributed by atoms with Crippen molar-refractivity contribution in [2.45, 2.75) is 13.1 Å². The van der Waals surface area contributed by atoms with Crippen molar-refractivity contribution in [2.24, 2.45) is 0 Å². The van der Waals surface area contributed by atoms with E-state index in [4.69, 9.17) is 0 Å². The van der Waals surface area contributed by atoms with E-state index in [2.05, 4.69) is 4.98 Å². The summed E-state index contributed by atoms with van der Waals surface area (Å²) in [5, 5.41) is 0. The zero-order chi connectivity index (χ0) is 11.5. The maximum atomic E-state index is 12.1. The normalized spacial score (nSPS) is 12.7. The molecule has 0 fully saturated rings. The van der Waals surface area contributed by atoms with E-state index in [9.17, 15) is 18.0 Å². The van der Waals surface area contributed by atoms with Crippen LogP contribution in [0.5, 0.6) is 0 Å². The number of alkyl halides is 3. The third kappa shape index (κ3) is 3.19. The van der Waals surface area contributed by atoms with E-state index in [1.165, 1.54) is 12.1 Å². The predicted molar refractivity (Wildman–Crippen MR) is 49.0 cm³/mol. The van der Waals surface area contributed by atoms with Crippen LogP contribution in [0.3, 0.4) is 0 Å². The van der Waals surface area contributed by atoms with E-state index in [0.29, 0.717) is 17.4 Å². The van der Waals surface area contributed by atoms with Crippen LogP contribution in [0.1, 0.15) is 18.2 Å². The number of halogens is 3. The number of aldehydes is 1. The van der Waals surface area contributed by atoms with Gasteiger partial charge in [-0.3, -0.25) is 9.78 Å². The molecule has 0 aromatic carbocycles. The minimum absolute atomic E-state index is 0.427. The summed E-state index contributed by atoms with van der Waals surface area (Å²) in [4.78, 5) is 13.5. The Labute approximate surface area is 84.4 Å². The number of allylic oxidation sites excluding steroid dienone is 1. The lowest BCUT2D eigenvalue weighted by Gasteiger charge is -2.04. The van der Waals surface area contributed by atoms with E-state index >= 15 is 0 Å². The lowest BCUT2D eigenvalue weighted by atomic mass is 10.2. The molecule has 1 heterocycles. The Morgan fingerprint density at radius 2 is 2.07 bits per heavy atom. The fourth-order valence-electron chi connectivity index (χ4n) is 0.955. The van der Waals surface area contributed by atoms with Crippen LogP contribution in [0.25, 0.3) is 6.08 Å². The molecule has 0 aliphatic rings. The van der Waals surface area contributed by atoms with Crippen molar-refractivity contribution < 1.29 is 18.0 Å². The van der Waals surface area contributed by atoms with Gasteiger partial charge in [-0.15, -0.1) is 0 Å². The highest BCUT2D eigenvalue weighted by Crippen LogP contribution is 2.27. The molecule has 0 amide bonds. The summed E-state index contributed by atoms with van der Waals surface area (Å²) < 4.78 is 36.3. The standard InChI is InChI=1S/C10H8F3NO/c1-7(6-15)4-8-2-3-9(14-5-8)10(11,12)13/h2-6H,1H3/b7-4+. The molecule has 0 aliphatic carbocycles. The molecule has 0 saturated heterocycles. The van der Waals surface area contributed by atoms with E-state index < -0.39 is 11.9 Å². The highest BCUT2D eigenvalue weighted by Gasteiger charge is 2.31. The Balaban J connectivity index is 2.96. The smallest absolute Gasteiger partial charge is 0.298 e. The summed E-state index contributed by atoms with van der Waals surface area (Å²) in [5.41, 5.74) is -0.0486. The number of carbonyl (C=O) groups excluding carboxylic acids is 1. The highest BCUT2D eigenvalue weighted by molar-refractivity contribution is 5.80. The average molecular weight is 215 g/mol. The quantitative estimate of drug-likeness (QED) is 0.560. The molecule has 0 radical (unpaired) electrons. The molecule has 1 aromatic rings. The van der Waals surface area contributed by atoms with Gasteiger partial charge in [0.15, 0.2) is 0 Å². The van der Waals surface area contributed by atoms with E-state index in [1.54, 1.807) is 6.92 Å². The van der Waals surface area contributed by atoms with Crippen LogP contribution in [-0.2, 0) is 11.0 Å². The summed E-state index contributed by atoms with van der Waals surface area (Å²) in [6.07, 6.45) is -1.27. The van der Waals surface area contributed by atoms with Gasteiger partial charge in [0.25, 0.3) is 0 Å². The van der Waals surface area contributed by atoms with Crippen LogP contribution in [0.2, 0.25) is 0 Å². The monoisotopic (exact) mass is 215 g/mol. The third-order valence-electron chi connectivity index (χ3n) is 1.66. The number of hydrogen-bond acceptors (Lipinski definition) is 2. The number of rotatable bonds is 2. The molecule has 0 saturated carbocycles. The Kier molecular flexibility index (Phi) is 3.24. The largest absolute Gasteiger partial charge is 0.433 e. The molecule has 1 aromatic heterocycles. The van der Waals surface area contributed by atoms with Crippen LogP contribution < -0.4 is 0 Å². The molecule has 2 nitrogen and oxygen atoms in total. The molecular formula is C10H8F3NO. The Morgan fingerprint density at radius 3 is 2.47 bits per heavy atom. The summed E-state index contributed by atoms with van der Waals surface area (Å²) in [6.45, 7) is 1.56. The van der Waals surface area contributed by atoms with Crippen LogP contribution >= 0.6 is 0 Å². The molecule has 80 valence electrons. The summed E-state index contributed by atoms with van der Waals surface area (Å²) in [5.74, 6) is 0. The van der Waals surface area contributed by atoms with Gasteiger partial charge in [-0.2, -0.15) is 13.2 Å². The molecule has 0 spiro atoms. The maximum Gasteiger partial charge on any atom is 0.433 e. The number of nitrogens with zero attached hydrogens (tertiary/aromatic N) is 1. The second-order valence-electron chi connectivity index (χ2n) is 2.98. The number of aromatic nitrogens is 1. The van der Waals surface area contributed by atoms with E-state index in [0.717, 1.165) is 12.3 Å². The van der Waals surface area contributed by atoms with Gasteiger partial charge in [-0.1, -0.05) is 6.07 Å². The van der Waals surface area contributed by atoms with E-state index in [-0.39, 0.29) is 0 Å². The molecule has 0 unspecified atom stereocenters. The second kappa shape index (κ2) is 4.25. The lowest BCUT2D eigenvalue weighted by molar-refractivity contribution is -0.141. The molecule has 1 rings (SSSR count). The Bertz CT molecular complexity index is 379. The zero-order valence-corrected chi connectivity index (χ0v) is 7.88. The molecule has 0 aliphatic heterocycles. The predicted octanol–water partition coefficient (Wildman–Crippen LogP) is 2.70. The first-order chi connectivity index (χ1) is 6.93. The SMILES string of the molecule is C/C(C=O)=C\c1ccc(C(F)(F)F)nc1. The van der Waals surface area contributed by atoms with Crippen molar-refractivity contribution in [1.29, 1.82) is 0 Å². The van der Waals surface area contributed by atoms with Gasteiger partial charge < -0.3 is 0 Å². The van der Waals surface area contributed by atoms with E-state index in [1.807, 2.05) is 0 Å². The first kappa shape index (κ1) is 11.4. The minimum Gasteiger partial charge on any atom is -0.298 e. The van der Waals surface area contributed by atoms with Crippen LogP contribution in [-0.4, -0.2) is 11.3 Å². The van der Waals surface area contributed by atoms with Gasteiger partial charge in [0.05, 0.1) is 0 Å². The summed E-state index contributed by atoms with van der Waals surface area (Å²) in [6, 6.07) is 2.15. The highest BCUT2D eigenvalue weighted by atomic mass is 19.4. The van der Waals surface area contributed by atoms with Crippen LogP contribution in [0.15, 0.2) is 23.9 Å². The molecule has 5 heteroatoms. The molecule has 0 atom stereocenters. The number of pyridine rings is 1. The molecular weight excluding hydrogens is 207 g/mol. The number of hydrogen-bond donors (Lipinski definition) is 0. The fraction of sp³-hybridized carbons (Fsp3) is 0.200. The molecule has 0 bridgehead atoms. The van der Waals surface area contributed by atoms with Crippen LogP contribution in [0.4, 0.5) is 13.2 Å². The lowest BCUT2D eigenvalue weighted by Crippen LogP contribution is -2.07. The Hall–Kier alpha value is -1.65. The molecule has 15 heavy (non-hydrogen) atoms. The summed E-state index contributed by atoms with van der Waals surface area (Å²) in [7, 11) is 0. The maximum absolute atomic E-state index is 12.1.